The Balaban J connectivity index is 2.40. The average molecular weight is 195 g/mol. The van der Waals surface area contributed by atoms with Crippen molar-refractivity contribution in [2.45, 2.75) is 12.5 Å². The van der Waals surface area contributed by atoms with Crippen LogP contribution in [0.15, 0.2) is 17.1 Å². The molecule has 0 spiro atoms. The predicted molar refractivity (Wildman–Crippen MR) is 49.1 cm³/mol. The van der Waals surface area contributed by atoms with Crippen LogP contribution in [-0.4, -0.2) is 16.5 Å². The molecular formula is C8H9N3O3. The molecule has 1 aromatic heterocycles. The molecule has 2 heterocycles. The largest absolute Gasteiger partial charge is 0.334 e. The van der Waals surface area contributed by atoms with E-state index in [1.54, 1.807) is 0 Å². The van der Waals surface area contributed by atoms with Gasteiger partial charge < -0.3 is 10.3 Å². The van der Waals surface area contributed by atoms with E-state index in [2.05, 4.69) is 10.3 Å². The molecule has 1 saturated heterocycles. The SMILES string of the molecule is O=c1[nH]cc([C@@H]2CCN2)cc1[N+](=O)[O-]. The van der Waals surface area contributed by atoms with E-state index in [0.717, 1.165) is 18.5 Å². The molecule has 14 heavy (non-hydrogen) atoms. The number of aromatic nitrogens is 1. The lowest BCUT2D eigenvalue weighted by Gasteiger charge is -2.27. The summed E-state index contributed by atoms with van der Waals surface area (Å²) >= 11 is 0. The Morgan fingerprint density at radius 3 is 2.79 bits per heavy atom. The molecule has 0 aromatic carbocycles. The highest BCUT2D eigenvalue weighted by atomic mass is 16.6. The maximum atomic E-state index is 11.0. The van der Waals surface area contributed by atoms with E-state index in [9.17, 15) is 14.9 Å². The van der Waals surface area contributed by atoms with Crippen LogP contribution in [0.1, 0.15) is 18.0 Å². The summed E-state index contributed by atoms with van der Waals surface area (Å²) in [6.45, 7) is 0.914. The van der Waals surface area contributed by atoms with Crippen molar-refractivity contribution in [3.8, 4) is 0 Å². The van der Waals surface area contributed by atoms with Gasteiger partial charge in [-0.15, -0.1) is 0 Å². The highest BCUT2D eigenvalue weighted by Gasteiger charge is 2.22. The molecule has 2 rings (SSSR count). The number of nitrogens with zero attached hydrogens (tertiary/aromatic N) is 1. The molecule has 0 radical (unpaired) electrons. The van der Waals surface area contributed by atoms with Gasteiger partial charge in [0.15, 0.2) is 0 Å². The van der Waals surface area contributed by atoms with Crippen LogP contribution in [-0.2, 0) is 0 Å². The number of H-pyrrole nitrogens is 1. The third kappa shape index (κ3) is 1.39. The van der Waals surface area contributed by atoms with Gasteiger partial charge in [-0.3, -0.25) is 14.9 Å². The second-order valence-electron chi connectivity index (χ2n) is 3.20. The molecule has 1 aromatic rings. The van der Waals surface area contributed by atoms with Gasteiger partial charge in [-0.2, -0.15) is 0 Å². The van der Waals surface area contributed by atoms with Crippen LogP contribution >= 0.6 is 0 Å². The van der Waals surface area contributed by atoms with Crippen LogP contribution in [0.4, 0.5) is 5.69 Å². The third-order valence-electron chi connectivity index (χ3n) is 2.33. The number of hydrogen-bond acceptors (Lipinski definition) is 4. The van der Waals surface area contributed by atoms with Crippen LogP contribution in [0.2, 0.25) is 0 Å². The number of rotatable bonds is 2. The molecule has 0 bridgehead atoms. The molecule has 1 aliphatic heterocycles. The minimum absolute atomic E-state index is 0.144. The van der Waals surface area contributed by atoms with E-state index in [-0.39, 0.29) is 6.04 Å². The fraction of sp³-hybridized carbons (Fsp3) is 0.375. The first-order valence-corrected chi connectivity index (χ1v) is 4.29. The predicted octanol–water partition coefficient (Wildman–Crippen LogP) is 0.317. The number of aromatic amines is 1. The molecule has 2 N–H and O–H groups in total. The lowest BCUT2D eigenvalue weighted by molar-refractivity contribution is -0.386. The second kappa shape index (κ2) is 3.22. The van der Waals surface area contributed by atoms with Gasteiger partial charge in [-0.05, 0) is 18.5 Å². The van der Waals surface area contributed by atoms with E-state index in [0.29, 0.717) is 0 Å². The summed E-state index contributed by atoms with van der Waals surface area (Å²) in [5.41, 5.74) is -0.281. The first-order chi connectivity index (χ1) is 6.68. The molecule has 1 atom stereocenters. The number of pyridine rings is 1. The zero-order valence-corrected chi connectivity index (χ0v) is 7.32. The van der Waals surface area contributed by atoms with Crippen LogP contribution in [0.3, 0.4) is 0 Å². The quantitative estimate of drug-likeness (QED) is 0.525. The molecule has 6 nitrogen and oxygen atoms in total. The summed E-state index contributed by atoms with van der Waals surface area (Å²) in [5.74, 6) is 0. The fourth-order valence-electron chi connectivity index (χ4n) is 1.40. The maximum Gasteiger partial charge on any atom is 0.334 e. The molecule has 0 aliphatic carbocycles. The minimum Gasteiger partial charge on any atom is -0.323 e. The molecule has 1 fully saturated rings. The highest BCUT2D eigenvalue weighted by molar-refractivity contribution is 5.32. The Morgan fingerprint density at radius 1 is 1.57 bits per heavy atom. The second-order valence-corrected chi connectivity index (χ2v) is 3.20. The Hall–Kier alpha value is -1.69. The van der Waals surface area contributed by atoms with Crippen molar-refractivity contribution in [3.05, 3.63) is 38.3 Å². The van der Waals surface area contributed by atoms with Gasteiger partial charge in [-0.1, -0.05) is 0 Å². The summed E-state index contributed by atoms with van der Waals surface area (Å²) in [5, 5.41) is 13.6. The number of hydrogen-bond donors (Lipinski definition) is 2. The van der Waals surface area contributed by atoms with Gasteiger partial charge in [0.05, 0.1) is 4.92 Å². The maximum absolute atomic E-state index is 11.0. The van der Waals surface area contributed by atoms with Gasteiger partial charge in [0.25, 0.3) is 0 Å². The summed E-state index contributed by atoms with van der Waals surface area (Å²) < 4.78 is 0. The summed E-state index contributed by atoms with van der Waals surface area (Å²) in [4.78, 5) is 23.2. The Morgan fingerprint density at radius 2 is 2.29 bits per heavy atom. The van der Waals surface area contributed by atoms with Crippen LogP contribution < -0.4 is 10.9 Å². The minimum atomic E-state index is -0.666. The standard InChI is InChI=1S/C8H9N3O3/c12-8-7(11(13)14)3-5(4-10-8)6-1-2-9-6/h3-4,6,9H,1-2H2,(H,10,12)/t6-/m0/s1. The lowest BCUT2D eigenvalue weighted by atomic mass is 9.99. The molecule has 1 aliphatic rings. The van der Waals surface area contributed by atoms with E-state index < -0.39 is 16.2 Å². The average Bonchev–Trinajstić information content (AvgIpc) is 2.04. The normalized spacial score (nSPS) is 20.1. The topological polar surface area (TPSA) is 88.0 Å². The van der Waals surface area contributed by atoms with Crippen molar-refractivity contribution in [3.63, 3.8) is 0 Å². The Bertz CT molecular complexity index is 422. The van der Waals surface area contributed by atoms with Gasteiger partial charge in [0, 0.05) is 18.3 Å². The smallest absolute Gasteiger partial charge is 0.323 e. The number of nitrogens with one attached hydrogen (secondary N) is 2. The molecule has 74 valence electrons. The van der Waals surface area contributed by atoms with Gasteiger partial charge in [0.2, 0.25) is 0 Å². The molecule has 0 unspecified atom stereocenters. The van der Waals surface area contributed by atoms with Crippen molar-refractivity contribution < 1.29 is 4.92 Å². The number of nitro groups is 1. The van der Waals surface area contributed by atoms with Crippen LogP contribution in [0.5, 0.6) is 0 Å². The first kappa shape index (κ1) is 8.89. The van der Waals surface area contributed by atoms with Crippen molar-refractivity contribution in [1.82, 2.24) is 10.3 Å². The van der Waals surface area contributed by atoms with Crippen molar-refractivity contribution in [2.24, 2.45) is 0 Å². The fourth-order valence-corrected chi connectivity index (χ4v) is 1.40. The Kier molecular flexibility index (Phi) is 2.05. The first-order valence-electron chi connectivity index (χ1n) is 4.29. The monoisotopic (exact) mass is 195 g/mol. The summed E-state index contributed by atoms with van der Waals surface area (Å²) in [6.07, 6.45) is 2.47. The van der Waals surface area contributed by atoms with Gasteiger partial charge in [-0.25, -0.2) is 0 Å². The van der Waals surface area contributed by atoms with E-state index in [1.165, 1.54) is 12.3 Å². The molecule has 6 heteroatoms. The highest BCUT2D eigenvalue weighted by Crippen LogP contribution is 2.23. The van der Waals surface area contributed by atoms with Crippen molar-refractivity contribution in [2.75, 3.05) is 6.54 Å². The summed E-state index contributed by atoms with van der Waals surface area (Å²) in [6, 6.07) is 1.47. The zero-order valence-electron chi connectivity index (χ0n) is 7.32. The van der Waals surface area contributed by atoms with Crippen LogP contribution in [0, 0.1) is 10.1 Å². The van der Waals surface area contributed by atoms with E-state index in [4.69, 9.17) is 0 Å². The molecular weight excluding hydrogens is 186 g/mol. The van der Waals surface area contributed by atoms with Gasteiger partial charge in [0.1, 0.15) is 0 Å². The van der Waals surface area contributed by atoms with Crippen molar-refractivity contribution >= 4 is 5.69 Å². The molecule has 0 saturated carbocycles. The van der Waals surface area contributed by atoms with Crippen molar-refractivity contribution in [1.29, 1.82) is 0 Å². The van der Waals surface area contributed by atoms with Gasteiger partial charge >= 0.3 is 11.2 Å². The summed E-state index contributed by atoms with van der Waals surface area (Å²) in [7, 11) is 0. The van der Waals surface area contributed by atoms with E-state index in [1.807, 2.05) is 0 Å². The lowest BCUT2D eigenvalue weighted by Crippen LogP contribution is -2.35. The Labute approximate surface area is 79.1 Å². The zero-order chi connectivity index (χ0) is 10.1. The van der Waals surface area contributed by atoms with E-state index >= 15 is 0 Å². The third-order valence-corrected chi connectivity index (χ3v) is 2.33. The van der Waals surface area contributed by atoms with Crippen LogP contribution in [0.25, 0.3) is 0 Å². The molecule has 0 amide bonds.